The SMILES string of the molecule is O=C(O)c1ncn2c1Cn1ncnc1-c1cc(C3CC3)ccc1-2. The monoisotopic (exact) mass is 307 g/mol. The van der Waals surface area contributed by atoms with Crippen molar-refractivity contribution in [1.29, 1.82) is 0 Å². The van der Waals surface area contributed by atoms with E-state index in [1.54, 1.807) is 11.0 Å². The largest absolute Gasteiger partial charge is 0.476 e. The van der Waals surface area contributed by atoms with Crippen LogP contribution in [0.4, 0.5) is 0 Å². The van der Waals surface area contributed by atoms with E-state index in [0.717, 1.165) is 17.1 Å². The van der Waals surface area contributed by atoms with Gasteiger partial charge in [-0.15, -0.1) is 0 Å². The Morgan fingerprint density at radius 1 is 1.26 bits per heavy atom. The van der Waals surface area contributed by atoms with Crippen molar-refractivity contribution in [2.45, 2.75) is 25.3 Å². The number of carboxylic acid groups (broad SMARTS) is 1. The molecule has 7 heteroatoms. The molecule has 23 heavy (non-hydrogen) atoms. The summed E-state index contributed by atoms with van der Waals surface area (Å²) in [5.74, 6) is 0.373. The minimum absolute atomic E-state index is 0.0607. The number of aromatic carboxylic acids is 1. The van der Waals surface area contributed by atoms with Crippen LogP contribution in [0.15, 0.2) is 30.9 Å². The molecule has 0 spiro atoms. The molecule has 1 saturated carbocycles. The van der Waals surface area contributed by atoms with E-state index in [0.29, 0.717) is 18.2 Å². The van der Waals surface area contributed by atoms with Crippen molar-refractivity contribution < 1.29 is 9.90 Å². The summed E-state index contributed by atoms with van der Waals surface area (Å²) >= 11 is 0. The van der Waals surface area contributed by atoms with Gasteiger partial charge in [0, 0.05) is 5.56 Å². The standard InChI is InChI=1S/C16H13N5O2/c22-16(23)14-13-6-21-15(17-7-19-21)11-5-10(9-1-2-9)3-4-12(11)20(13)8-18-14/h3-5,7-9H,1-2,6H2,(H,22,23). The number of carbonyl (C=O) groups is 1. The van der Waals surface area contributed by atoms with E-state index in [1.165, 1.54) is 24.7 Å². The minimum atomic E-state index is -1.03. The average molecular weight is 307 g/mol. The average Bonchev–Trinajstić information content (AvgIpc) is 3.19. The lowest BCUT2D eigenvalue weighted by atomic mass is 10.0. The highest BCUT2D eigenvalue weighted by Crippen LogP contribution is 2.42. The highest BCUT2D eigenvalue weighted by molar-refractivity contribution is 5.87. The molecule has 0 amide bonds. The number of carboxylic acids is 1. The van der Waals surface area contributed by atoms with Crippen LogP contribution >= 0.6 is 0 Å². The van der Waals surface area contributed by atoms with Crippen LogP contribution in [0.5, 0.6) is 0 Å². The highest BCUT2D eigenvalue weighted by Gasteiger charge is 2.29. The molecule has 3 aromatic rings. The van der Waals surface area contributed by atoms with Crippen molar-refractivity contribution in [3.05, 3.63) is 47.8 Å². The molecule has 2 aromatic heterocycles. The lowest BCUT2D eigenvalue weighted by molar-refractivity contribution is 0.0689. The van der Waals surface area contributed by atoms with E-state index in [4.69, 9.17) is 0 Å². The van der Waals surface area contributed by atoms with Gasteiger partial charge >= 0.3 is 5.97 Å². The first-order valence-corrected chi connectivity index (χ1v) is 7.54. The Bertz CT molecular complexity index is 951. The molecule has 1 N–H and O–H groups in total. The molecule has 1 aromatic carbocycles. The Kier molecular flexibility index (Phi) is 2.34. The summed E-state index contributed by atoms with van der Waals surface area (Å²) < 4.78 is 3.58. The molecule has 0 saturated heterocycles. The zero-order valence-electron chi connectivity index (χ0n) is 12.2. The second kappa shape index (κ2) is 4.28. The summed E-state index contributed by atoms with van der Waals surface area (Å²) in [5, 5.41) is 13.6. The second-order valence-corrected chi connectivity index (χ2v) is 6.01. The quantitative estimate of drug-likeness (QED) is 0.612. The van der Waals surface area contributed by atoms with E-state index in [-0.39, 0.29) is 5.69 Å². The summed E-state index contributed by atoms with van der Waals surface area (Å²) in [6.07, 6.45) is 5.53. The fraction of sp³-hybridized carbons (Fsp3) is 0.250. The predicted molar refractivity (Wildman–Crippen MR) is 80.6 cm³/mol. The van der Waals surface area contributed by atoms with Crippen molar-refractivity contribution >= 4 is 5.97 Å². The van der Waals surface area contributed by atoms with Gasteiger partial charge in [-0.25, -0.2) is 19.4 Å². The molecular weight excluding hydrogens is 294 g/mol. The number of hydrogen-bond donors (Lipinski definition) is 1. The molecule has 1 aliphatic heterocycles. The fourth-order valence-electron chi connectivity index (χ4n) is 3.25. The molecule has 1 fully saturated rings. The Balaban J connectivity index is 1.81. The van der Waals surface area contributed by atoms with Crippen LogP contribution in [0.2, 0.25) is 0 Å². The van der Waals surface area contributed by atoms with E-state index in [2.05, 4.69) is 27.2 Å². The normalized spacial score (nSPS) is 15.5. The van der Waals surface area contributed by atoms with Crippen LogP contribution in [-0.2, 0) is 6.54 Å². The molecule has 1 aliphatic carbocycles. The van der Waals surface area contributed by atoms with Crippen LogP contribution in [-0.4, -0.2) is 35.4 Å². The Morgan fingerprint density at radius 3 is 2.91 bits per heavy atom. The minimum Gasteiger partial charge on any atom is -0.476 e. The van der Waals surface area contributed by atoms with Gasteiger partial charge in [0.2, 0.25) is 0 Å². The van der Waals surface area contributed by atoms with Gasteiger partial charge in [0.1, 0.15) is 12.7 Å². The maximum Gasteiger partial charge on any atom is 0.356 e. The lowest BCUT2D eigenvalue weighted by Crippen LogP contribution is -2.09. The molecule has 0 atom stereocenters. The van der Waals surface area contributed by atoms with Gasteiger partial charge < -0.3 is 5.11 Å². The number of nitrogens with zero attached hydrogens (tertiary/aromatic N) is 5. The van der Waals surface area contributed by atoms with Crippen molar-refractivity contribution in [1.82, 2.24) is 24.3 Å². The van der Waals surface area contributed by atoms with Crippen LogP contribution in [0, 0.1) is 0 Å². The first-order chi connectivity index (χ1) is 11.2. The Morgan fingerprint density at radius 2 is 2.13 bits per heavy atom. The van der Waals surface area contributed by atoms with E-state index >= 15 is 0 Å². The predicted octanol–water partition coefficient (Wildman–Crippen LogP) is 2.07. The van der Waals surface area contributed by atoms with Crippen LogP contribution in [0.1, 0.15) is 40.5 Å². The first-order valence-electron chi connectivity index (χ1n) is 7.54. The number of aromatic nitrogens is 5. The molecular formula is C16H13N5O2. The number of hydrogen-bond acceptors (Lipinski definition) is 4. The van der Waals surface area contributed by atoms with Gasteiger partial charge in [0.05, 0.1) is 17.9 Å². The summed E-state index contributed by atoms with van der Waals surface area (Å²) in [6, 6.07) is 6.31. The molecule has 0 unspecified atom stereocenters. The van der Waals surface area contributed by atoms with Crippen molar-refractivity contribution in [3.8, 4) is 17.1 Å². The molecule has 3 heterocycles. The number of rotatable bonds is 2. The van der Waals surface area contributed by atoms with E-state index in [9.17, 15) is 9.90 Å². The fourth-order valence-corrected chi connectivity index (χ4v) is 3.25. The third-order valence-corrected chi connectivity index (χ3v) is 4.55. The van der Waals surface area contributed by atoms with Crippen molar-refractivity contribution in [3.63, 3.8) is 0 Å². The van der Waals surface area contributed by atoms with Crippen LogP contribution in [0.3, 0.4) is 0 Å². The Hall–Kier alpha value is -2.96. The van der Waals surface area contributed by atoms with Crippen molar-refractivity contribution in [2.75, 3.05) is 0 Å². The van der Waals surface area contributed by atoms with Gasteiger partial charge in [-0.2, -0.15) is 5.10 Å². The molecule has 2 aliphatic rings. The maximum absolute atomic E-state index is 11.4. The van der Waals surface area contributed by atoms with Gasteiger partial charge in [-0.05, 0) is 36.5 Å². The van der Waals surface area contributed by atoms with Gasteiger partial charge in [-0.1, -0.05) is 6.07 Å². The van der Waals surface area contributed by atoms with Gasteiger partial charge in [-0.3, -0.25) is 4.57 Å². The van der Waals surface area contributed by atoms with Gasteiger partial charge in [0.25, 0.3) is 0 Å². The topological polar surface area (TPSA) is 85.8 Å². The number of fused-ring (bicyclic) bond motifs is 5. The molecule has 5 rings (SSSR count). The lowest BCUT2D eigenvalue weighted by Gasteiger charge is -2.10. The third-order valence-electron chi connectivity index (χ3n) is 4.55. The second-order valence-electron chi connectivity index (χ2n) is 6.01. The van der Waals surface area contributed by atoms with Crippen LogP contribution < -0.4 is 0 Å². The zero-order chi connectivity index (χ0) is 15.6. The zero-order valence-corrected chi connectivity index (χ0v) is 12.2. The number of benzene rings is 1. The number of imidazole rings is 1. The molecule has 7 nitrogen and oxygen atoms in total. The van der Waals surface area contributed by atoms with E-state index < -0.39 is 5.97 Å². The molecule has 0 radical (unpaired) electrons. The first kappa shape index (κ1) is 12.6. The summed E-state index contributed by atoms with van der Waals surface area (Å²) in [4.78, 5) is 19.9. The molecule has 0 bridgehead atoms. The molecule has 114 valence electrons. The third kappa shape index (κ3) is 1.76. The van der Waals surface area contributed by atoms with E-state index in [1.807, 2.05) is 10.6 Å². The van der Waals surface area contributed by atoms with Crippen LogP contribution in [0.25, 0.3) is 17.1 Å². The summed E-state index contributed by atoms with van der Waals surface area (Å²) in [7, 11) is 0. The Labute approximate surface area is 131 Å². The summed E-state index contributed by atoms with van der Waals surface area (Å²) in [5.41, 5.74) is 3.85. The van der Waals surface area contributed by atoms with Gasteiger partial charge in [0.15, 0.2) is 11.5 Å². The van der Waals surface area contributed by atoms with Crippen molar-refractivity contribution in [2.24, 2.45) is 0 Å². The summed E-state index contributed by atoms with van der Waals surface area (Å²) in [6.45, 7) is 0.338. The smallest absolute Gasteiger partial charge is 0.356 e. The maximum atomic E-state index is 11.4. The highest BCUT2D eigenvalue weighted by atomic mass is 16.4.